The van der Waals surface area contributed by atoms with Crippen molar-refractivity contribution in [1.29, 1.82) is 0 Å². The smallest absolute Gasteiger partial charge is 0.253 e. The molecule has 1 aromatic rings. The van der Waals surface area contributed by atoms with E-state index in [0.29, 0.717) is 0 Å². The van der Waals surface area contributed by atoms with E-state index < -0.39 is 0 Å². The largest absolute Gasteiger partial charge is 0.378 e. The summed E-state index contributed by atoms with van der Waals surface area (Å²) in [6, 6.07) is 5.92. The summed E-state index contributed by atoms with van der Waals surface area (Å²) in [5, 5.41) is 0. The molecule has 0 heterocycles. The van der Waals surface area contributed by atoms with Gasteiger partial charge in [-0.05, 0) is 24.6 Å². The van der Waals surface area contributed by atoms with Crippen molar-refractivity contribution in [2.45, 2.75) is 6.92 Å². The first-order chi connectivity index (χ1) is 6.93. The summed E-state index contributed by atoms with van der Waals surface area (Å²) in [5.74, 6) is 0.0520. The monoisotopic (exact) mass is 206 g/mol. The highest BCUT2D eigenvalue weighted by Crippen LogP contribution is 2.18. The number of nitrogens with zero attached hydrogens (tertiary/aromatic N) is 2. The summed E-state index contributed by atoms with van der Waals surface area (Å²) in [6.45, 7) is 1.95. The van der Waals surface area contributed by atoms with Crippen LogP contribution in [-0.2, 0) is 0 Å². The van der Waals surface area contributed by atoms with Gasteiger partial charge in [0.1, 0.15) is 0 Å². The third-order valence-electron chi connectivity index (χ3n) is 2.37. The van der Waals surface area contributed by atoms with Crippen molar-refractivity contribution in [2.24, 2.45) is 0 Å². The molecule has 3 nitrogen and oxygen atoms in total. The van der Waals surface area contributed by atoms with Crippen LogP contribution in [0.15, 0.2) is 18.2 Å². The number of carbonyl (C=O) groups excluding carboxylic acids is 1. The molecule has 82 valence electrons. The summed E-state index contributed by atoms with van der Waals surface area (Å²) in [6.07, 6.45) is 0. The van der Waals surface area contributed by atoms with E-state index in [4.69, 9.17) is 0 Å². The number of hydrogen-bond donors (Lipinski definition) is 0. The number of amides is 1. The van der Waals surface area contributed by atoms with Crippen LogP contribution in [0.25, 0.3) is 0 Å². The molecule has 0 aliphatic rings. The van der Waals surface area contributed by atoms with Crippen molar-refractivity contribution in [3.05, 3.63) is 29.3 Å². The molecule has 0 radical (unpaired) electrons. The predicted octanol–water partition coefficient (Wildman–Crippen LogP) is 1.76. The molecule has 0 atom stereocenters. The van der Waals surface area contributed by atoms with E-state index >= 15 is 0 Å². The maximum Gasteiger partial charge on any atom is 0.253 e. The molecule has 0 bridgehead atoms. The van der Waals surface area contributed by atoms with Crippen LogP contribution >= 0.6 is 0 Å². The third kappa shape index (κ3) is 2.49. The van der Waals surface area contributed by atoms with E-state index in [1.807, 2.05) is 44.1 Å². The van der Waals surface area contributed by atoms with E-state index in [2.05, 4.69) is 0 Å². The number of rotatable bonds is 2. The van der Waals surface area contributed by atoms with Gasteiger partial charge in [-0.2, -0.15) is 0 Å². The molecule has 0 saturated carbocycles. The fourth-order valence-electron chi connectivity index (χ4n) is 1.36. The molecule has 15 heavy (non-hydrogen) atoms. The van der Waals surface area contributed by atoms with Crippen LogP contribution in [0.4, 0.5) is 5.69 Å². The van der Waals surface area contributed by atoms with Gasteiger partial charge in [-0.1, -0.05) is 6.07 Å². The van der Waals surface area contributed by atoms with E-state index in [1.54, 1.807) is 19.0 Å². The molecule has 1 amide bonds. The van der Waals surface area contributed by atoms with Gasteiger partial charge in [0.05, 0.1) is 0 Å². The molecular weight excluding hydrogens is 188 g/mol. The van der Waals surface area contributed by atoms with Gasteiger partial charge >= 0.3 is 0 Å². The van der Waals surface area contributed by atoms with Crippen LogP contribution in [-0.4, -0.2) is 39.0 Å². The summed E-state index contributed by atoms with van der Waals surface area (Å²) in [4.78, 5) is 15.4. The Morgan fingerprint density at radius 1 is 1.13 bits per heavy atom. The van der Waals surface area contributed by atoms with E-state index in [1.165, 1.54) is 0 Å². The standard InChI is InChI=1S/C12H18N2O/c1-9-6-7-10(13(2)3)8-11(9)12(15)14(4)5/h6-8H,1-5H3. The van der Waals surface area contributed by atoms with Gasteiger partial charge in [0.15, 0.2) is 0 Å². The number of benzene rings is 1. The fourth-order valence-corrected chi connectivity index (χ4v) is 1.36. The minimum Gasteiger partial charge on any atom is -0.378 e. The van der Waals surface area contributed by atoms with Gasteiger partial charge < -0.3 is 9.80 Å². The molecule has 0 saturated heterocycles. The van der Waals surface area contributed by atoms with Crippen LogP contribution in [0.3, 0.4) is 0 Å². The Morgan fingerprint density at radius 3 is 2.20 bits per heavy atom. The van der Waals surface area contributed by atoms with Gasteiger partial charge in [0.25, 0.3) is 5.91 Å². The first-order valence-electron chi connectivity index (χ1n) is 4.93. The number of carbonyl (C=O) groups is 1. The van der Waals surface area contributed by atoms with Crippen molar-refractivity contribution in [1.82, 2.24) is 4.90 Å². The number of anilines is 1. The van der Waals surface area contributed by atoms with E-state index in [-0.39, 0.29) is 5.91 Å². The Morgan fingerprint density at radius 2 is 1.73 bits per heavy atom. The van der Waals surface area contributed by atoms with Gasteiger partial charge in [-0.25, -0.2) is 0 Å². The Hall–Kier alpha value is -1.51. The Kier molecular flexibility index (Phi) is 3.35. The summed E-state index contributed by atoms with van der Waals surface area (Å²) in [7, 11) is 7.47. The first kappa shape index (κ1) is 11.6. The fraction of sp³-hybridized carbons (Fsp3) is 0.417. The average Bonchev–Trinajstić information content (AvgIpc) is 2.16. The lowest BCUT2D eigenvalue weighted by atomic mass is 10.1. The second kappa shape index (κ2) is 4.34. The molecule has 0 unspecified atom stereocenters. The molecule has 0 spiro atoms. The second-order valence-electron chi connectivity index (χ2n) is 4.09. The summed E-state index contributed by atoms with van der Waals surface area (Å²) in [5.41, 5.74) is 2.83. The highest BCUT2D eigenvalue weighted by atomic mass is 16.2. The molecular formula is C12H18N2O. The lowest BCUT2D eigenvalue weighted by Gasteiger charge is -2.17. The first-order valence-corrected chi connectivity index (χ1v) is 4.93. The van der Waals surface area contributed by atoms with Crippen LogP contribution in [0.5, 0.6) is 0 Å². The Balaban J connectivity index is 3.16. The maximum atomic E-state index is 11.8. The lowest BCUT2D eigenvalue weighted by Crippen LogP contribution is -2.23. The van der Waals surface area contributed by atoms with Gasteiger partial charge in [0.2, 0.25) is 0 Å². The van der Waals surface area contributed by atoms with Crippen LogP contribution in [0.1, 0.15) is 15.9 Å². The SMILES string of the molecule is Cc1ccc(N(C)C)cc1C(=O)N(C)C. The van der Waals surface area contributed by atoms with Crippen molar-refractivity contribution < 1.29 is 4.79 Å². The summed E-state index contributed by atoms with van der Waals surface area (Å²) >= 11 is 0. The molecule has 1 aromatic carbocycles. The van der Waals surface area contributed by atoms with Crippen molar-refractivity contribution in [3.8, 4) is 0 Å². The minimum atomic E-state index is 0.0520. The van der Waals surface area contributed by atoms with E-state index in [0.717, 1.165) is 16.8 Å². The van der Waals surface area contributed by atoms with Crippen molar-refractivity contribution in [2.75, 3.05) is 33.1 Å². The maximum absolute atomic E-state index is 11.8. The predicted molar refractivity (Wildman–Crippen MR) is 63.5 cm³/mol. The molecule has 0 fully saturated rings. The Labute approximate surface area is 91.3 Å². The molecule has 0 aromatic heterocycles. The lowest BCUT2D eigenvalue weighted by molar-refractivity contribution is 0.0827. The van der Waals surface area contributed by atoms with Crippen molar-refractivity contribution in [3.63, 3.8) is 0 Å². The van der Waals surface area contributed by atoms with Crippen LogP contribution in [0, 0.1) is 6.92 Å². The minimum absolute atomic E-state index is 0.0520. The topological polar surface area (TPSA) is 23.6 Å². The van der Waals surface area contributed by atoms with Gasteiger partial charge in [-0.3, -0.25) is 4.79 Å². The Bertz CT molecular complexity index is 370. The summed E-state index contributed by atoms with van der Waals surface area (Å²) < 4.78 is 0. The second-order valence-corrected chi connectivity index (χ2v) is 4.09. The zero-order valence-corrected chi connectivity index (χ0v) is 10.0. The molecule has 1 rings (SSSR count). The van der Waals surface area contributed by atoms with Gasteiger partial charge in [-0.15, -0.1) is 0 Å². The van der Waals surface area contributed by atoms with E-state index in [9.17, 15) is 4.79 Å². The van der Waals surface area contributed by atoms with Crippen LogP contribution < -0.4 is 4.90 Å². The number of aryl methyl sites for hydroxylation is 1. The van der Waals surface area contributed by atoms with Crippen LogP contribution in [0.2, 0.25) is 0 Å². The quantitative estimate of drug-likeness (QED) is 0.736. The highest BCUT2D eigenvalue weighted by Gasteiger charge is 2.11. The third-order valence-corrected chi connectivity index (χ3v) is 2.37. The molecule has 3 heteroatoms. The molecule has 0 aliphatic carbocycles. The zero-order valence-electron chi connectivity index (χ0n) is 10.0. The van der Waals surface area contributed by atoms with Gasteiger partial charge in [0, 0.05) is 39.4 Å². The number of hydrogen-bond acceptors (Lipinski definition) is 2. The van der Waals surface area contributed by atoms with Crippen molar-refractivity contribution >= 4 is 11.6 Å². The normalized spacial score (nSPS) is 9.93. The highest BCUT2D eigenvalue weighted by molar-refractivity contribution is 5.96. The zero-order chi connectivity index (χ0) is 11.6. The average molecular weight is 206 g/mol. The molecule has 0 N–H and O–H groups in total. The molecule has 0 aliphatic heterocycles.